The highest BCUT2D eigenvalue weighted by atomic mass is 35.5. The fraction of sp³-hybridized carbons (Fsp3) is 0.125. The van der Waals surface area contributed by atoms with E-state index in [2.05, 4.69) is 5.48 Å². The van der Waals surface area contributed by atoms with Gasteiger partial charge in [0, 0.05) is 11.1 Å². The average Bonchev–Trinajstić information content (AvgIpc) is 2.47. The lowest BCUT2D eigenvalue weighted by molar-refractivity contribution is 0.150. The van der Waals surface area contributed by atoms with E-state index in [9.17, 15) is 0 Å². The Morgan fingerprint density at radius 1 is 1.15 bits per heavy atom. The lowest BCUT2D eigenvalue weighted by Crippen LogP contribution is -2.18. The van der Waals surface area contributed by atoms with Gasteiger partial charge in [0.2, 0.25) is 0 Å². The van der Waals surface area contributed by atoms with E-state index >= 15 is 0 Å². The minimum atomic E-state index is -0.101. The predicted octanol–water partition coefficient (Wildman–Crippen LogP) is 4.51. The number of halogens is 1. The van der Waals surface area contributed by atoms with Crippen LogP contribution in [0.5, 0.6) is 11.5 Å². The summed E-state index contributed by atoms with van der Waals surface area (Å²) in [5.74, 6) is 1.49. The molecule has 2 N–H and O–H groups in total. The van der Waals surface area contributed by atoms with Crippen LogP contribution in [-0.2, 0) is 0 Å². The predicted molar refractivity (Wildman–Crippen MR) is 81.4 cm³/mol. The molecule has 2 aromatic rings. The summed E-state index contributed by atoms with van der Waals surface area (Å²) in [6.07, 6.45) is 3.78. The molecular formula is C16H16ClNO2. The normalized spacial score (nSPS) is 12.6. The molecule has 0 aromatic heterocycles. The zero-order chi connectivity index (χ0) is 14.4. The van der Waals surface area contributed by atoms with Crippen LogP contribution in [0.3, 0.4) is 0 Å². The first-order valence-electron chi connectivity index (χ1n) is 6.28. The fourth-order valence-electron chi connectivity index (χ4n) is 1.62. The van der Waals surface area contributed by atoms with E-state index in [-0.39, 0.29) is 6.04 Å². The van der Waals surface area contributed by atoms with Gasteiger partial charge in [0.05, 0.1) is 0 Å². The number of ether oxygens (including phenoxy) is 1. The second-order valence-corrected chi connectivity index (χ2v) is 4.84. The molecule has 0 aliphatic heterocycles. The number of nitrogens with one attached hydrogen (secondary N) is 1. The summed E-state index contributed by atoms with van der Waals surface area (Å²) in [5.41, 5.74) is 3.16. The van der Waals surface area contributed by atoms with Crippen LogP contribution in [0, 0.1) is 0 Å². The molecule has 0 amide bonds. The number of rotatable bonds is 5. The topological polar surface area (TPSA) is 41.5 Å². The Kier molecular flexibility index (Phi) is 5.18. The van der Waals surface area contributed by atoms with Crippen LogP contribution in [0.1, 0.15) is 12.5 Å². The third-order valence-electron chi connectivity index (χ3n) is 2.69. The van der Waals surface area contributed by atoms with Gasteiger partial charge >= 0.3 is 0 Å². The number of benzene rings is 2. The summed E-state index contributed by atoms with van der Waals surface area (Å²) in [6, 6.07) is 14.8. The van der Waals surface area contributed by atoms with E-state index in [1.165, 1.54) is 0 Å². The van der Waals surface area contributed by atoms with Gasteiger partial charge in [-0.15, -0.1) is 0 Å². The Labute approximate surface area is 123 Å². The first kappa shape index (κ1) is 14.6. The maximum atomic E-state index is 8.75. The molecule has 0 spiro atoms. The molecule has 20 heavy (non-hydrogen) atoms. The molecule has 0 saturated heterocycles. The van der Waals surface area contributed by atoms with Crippen molar-refractivity contribution in [2.24, 2.45) is 0 Å². The van der Waals surface area contributed by atoms with Gasteiger partial charge in [-0.25, -0.2) is 0 Å². The van der Waals surface area contributed by atoms with Gasteiger partial charge in [-0.3, -0.25) is 0 Å². The Hall–Kier alpha value is -1.81. The third kappa shape index (κ3) is 4.38. The molecule has 0 unspecified atom stereocenters. The van der Waals surface area contributed by atoms with Crippen LogP contribution in [0.15, 0.2) is 54.6 Å². The summed E-state index contributed by atoms with van der Waals surface area (Å²) in [4.78, 5) is 0. The molecule has 4 heteroatoms. The van der Waals surface area contributed by atoms with E-state index in [0.717, 1.165) is 17.1 Å². The molecular weight excluding hydrogens is 274 g/mol. The summed E-state index contributed by atoms with van der Waals surface area (Å²) >= 11 is 5.83. The Morgan fingerprint density at radius 2 is 1.90 bits per heavy atom. The molecule has 2 aromatic carbocycles. The van der Waals surface area contributed by atoms with Crippen LogP contribution in [0.25, 0.3) is 6.08 Å². The van der Waals surface area contributed by atoms with Crippen LogP contribution in [0.4, 0.5) is 0 Å². The second-order valence-electron chi connectivity index (χ2n) is 4.41. The van der Waals surface area contributed by atoms with Gasteiger partial charge in [0.15, 0.2) is 0 Å². The zero-order valence-corrected chi connectivity index (χ0v) is 11.8. The molecule has 0 bridgehead atoms. The van der Waals surface area contributed by atoms with Crippen molar-refractivity contribution < 1.29 is 9.94 Å². The quantitative estimate of drug-likeness (QED) is 0.796. The molecule has 2 rings (SSSR count). The van der Waals surface area contributed by atoms with Gasteiger partial charge in [-0.2, -0.15) is 5.48 Å². The van der Waals surface area contributed by atoms with E-state index in [4.69, 9.17) is 21.5 Å². The Balaban J connectivity index is 2.09. The standard InChI is InChI=1S/C16H16ClNO2/c1-12(18-19)5-6-13-3-2-4-16(11-13)20-15-9-7-14(17)8-10-15/h2-12,18-19H,1H3/b6-5+/t12-/m0/s1. The van der Waals surface area contributed by atoms with E-state index in [0.29, 0.717) is 5.02 Å². The van der Waals surface area contributed by atoms with Gasteiger partial charge < -0.3 is 9.94 Å². The van der Waals surface area contributed by atoms with Crippen molar-refractivity contribution in [3.05, 3.63) is 65.2 Å². The molecule has 0 fully saturated rings. The highest BCUT2D eigenvalue weighted by Gasteiger charge is 1.98. The number of hydrogen-bond acceptors (Lipinski definition) is 3. The Bertz CT molecular complexity index is 581. The molecule has 0 saturated carbocycles. The maximum absolute atomic E-state index is 8.75. The summed E-state index contributed by atoms with van der Waals surface area (Å²) in [7, 11) is 0. The van der Waals surface area contributed by atoms with E-state index in [1.807, 2.05) is 55.5 Å². The van der Waals surface area contributed by atoms with Crippen LogP contribution in [0.2, 0.25) is 5.02 Å². The zero-order valence-electron chi connectivity index (χ0n) is 11.1. The van der Waals surface area contributed by atoms with E-state index < -0.39 is 0 Å². The van der Waals surface area contributed by atoms with Crippen LogP contribution in [-0.4, -0.2) is 11.2 Å². The van der Waals surface area contributed by atoms with Gasteiger partial charge in [-0.1, -0.05) is 35.9 Å². The molecule has 0 aliphatic rings. The second kappa shape index (κ2) is 7.10. The fourth-order valence-corrected chi connectivity index (χ4v) is 1.74. The van der Waals surface area contributed by atoms with Crippen molar-refractivity contribution in [1.82, 2.24) is 5.48 Å². The monoisotopic (exact) mass is 289 g/mol. The highest BCUT2D eigenvalue weighted by molar-refractivity contribution is 6.30. The van der Waals surface area contributed by atoms with Crippen molar-refractivity contribution in [3.8, 4) is 11.5 Å². The molecule has 0 heterocycles. The van der Waals surface area contributed by atoms with Crippen molar-refractivity contribution in [2.45, 2.75) is 13.0 Å². The van der Waals surface area contributed by atoms with Crippen molar-refractivity contribution in [1.29, 1.82) is 0 Å². The average molecular weight is 290 g/mol. The summed E-state index contributed by atoms with van der Waals surface area (Å²) in [5, 5.41) is 9.43. The minimum absolute atomic E-state index is 0.101. The van der Waals surface area contributed by atoms with Gasteiger partial charge in [0.25, 0.3) is 0 Å². The maximum Gasteiger partial charge on any atom is 0.128 e. The molecule has 104 valence electrons. The van der Waals surface area contributed by atoms with Crippen LogP contribution < -0.4 is 10.2 Å². The first-order valence-corrected chi connectivity index (χ1v) is 6.66. The molecule has 3 nitrogen and oxygen atoms in total. The lowest BCUT2D eigenvalue weighted by atomic mass is 10.2. The van der Waals surface area contributed by atoms with Gasteiger partial charge in [-0.05, 0) is 48.9 Å². The van der Waals surface area contributed by atoms with Crippen molar-refractivity contribution >= 4 is 17.7 Å². The molecule has 0 radical (unpaired) electrons. The largest absolute Gasteiger partial charge is 0.457 e. The summed E-state index contributed by atoms with van der Waals surface area (Å²) in [6.45, 7) is 1.85. The molecule has 1 atom stereocenters. The SMILES string of the molecule is C[C@@H](/C=C/c1cccc(Oc2ccc(Cl)cc2)c1)NO. The van der Waals surface area contributed by atoms with E-state index in [1.54, 1.807) is 12.1 Å². The van der Waals surface area contributed by atoms with Crippen molar-refractivity contribution in [3.63, 3.8) is 0 Å². The number of hydrogen-bond donors (Lipinski definition) is 2. The summed E-state index contributed by atoms with van der Waals surface area (Å²) < 4.78 is 5.75. The Morgan fingerprint density at radius 3 is 2.60 bits per heavy atom. The van der Waals surface area contributed by atoms with Gasteiger partial charge in [0.1, 0.15) is 11.5 Å². The third-order valence-corrected chi connectivity index (χ3v) is 2.94. The lowest BCUT2D eigenvalue weighted by Gasteiger charge is -2.07. The number of hydroxylamine groups is 1. The smallest absolute Gasteiger partial charge is 0.128 e. The van der Waals surface area contributed by atoms with Crippen LogP contribution >= 0.6 is 11.6 Å². The highest BCUT2D eigenvalue weighted by Crippen LogP contribution is 2.24. The minimum Gasteiger partial charge on any atom is -0.457 e. The first-order chi connectivity index (χ1) is 9.67. The molecule has 0 aliphatic carbocycles. The van der Waals surface area contributed by atoms with Crippen molar-refractivity contribution in [2.75, 3.05) is 0 Å².